The summed E-state index contributed by atoms with van der Waals surface area (Å²) in [6, 6.07) is 3.49. The van der Waals surface area contributed by atoms with E-state index < -0.39 is 0 Å². The zero-order valence-electron chi connectivity index (χ0n) is 9.08. The van der Waals surface area contributed by atoms with Crippen LogP contribution in [0.1, 0.15) is 12.7 Å². The van der Waals surface area contributed by atoms with Crippen molar-refractivity contribution in [3.05, 3.63) is 22.6 Å². The predicted octanol–water partition coefficient (Wildman–Crippen LogP) is 1.61. The van der Waals surface area contributed by atoms with Crippen LogP contribution in [0.3, 0.4) is 0 Å². The molecule has 84 valence electrons. The molecule has 0 aromatic carbocycles. The lowest BCUT2D eigenvalue weighted by Crippen LogP contribution is -2.41. The van der Waals surface area contributed by atoms with Crippen molar-refractivity contribution in [1.29, 1.82) is 0 Å². The van der Waals surface area contributed by atoms with Crippen molar-refractivity contribution in [1.82, 2.24) is 10.2 Å². The fourth-order valence-corrected chi connectivity index (χ4v) is 1.54. The van der Waals surface area contributed by atoms with Gasteiger partial charge in [-0.3, -0.25) is 4.79 Å². The number of rotatable bonds is 4. The van der Waals surface area contributed by atoms with Crippen LogP contribution in [0.15, 0.2) is 21.2 Å². The molecular weight excluding hydrogens is 260 g/mol. The average Bonchev–Trinajstić information content (AvgIpc) is 2.61. The summed E-state index contributed by atoms with van der Waals surface area (Å²) in [6.07, 6.45) is 0. The van der Waals surface area contributed by atoms with Crippen molar-refractivity contribution < 1.29 is 9.21 Å². The maximum Gasteiger partial charge on any atom is 0.239 e. The summed E-state index contributed by atoms with van der Waals surface area (Å²) in [7, 11) is 3.52. The molecule has 0 saturated carbocycles. The topological polar surface area (TPSA) is 45.5 Å². The first kappa shape index (κ1) is 12.3. The summed E-state index contributed by atoms with van der Waals surface area (Å²) >= 11 is 3.22. The number of halogens is 1. The Morgan fingerprint density at radius 3 is 2.80 bits per heavy atom. The first-order valence-corrected chi connectivity index (χ1v) is 5.50. The summed E-state index contributed by atoms with van der Waals surface area (Å²) in [5.41, 5.74) is 0. The van der Waals surface area contributed by atoms with Crippen LogP contribution in [0.25, 0.3) is 0 Å². The minimum absolute atomic E-state index is 0.0463. The van der Waals surface area contributed by atoms with Gasteiger partial charge in [-0.25, -0.2) is 0 Å². The van der Waals surface area contributed by atoms with E-state index >= 15 is 0 Å². The number of hydrogen-bond acceptors (Lipinski definition) is 3. The molecular formula is C10H15BrN2O2. The smallest absolute Gasteiger partial charge is 0.239 e. The van der Waals surface area contributed by atoms with Gasteiger partial charge in [-0.1, -0.05) is 0 Å². The van der Waals surface area contributed by atoms with Crippen LogP contribution in [0.5, 0.6) is 0 Å². The molecule has 15 heavy (non-hydrogen) atoms. The average molecular weight is 275 g/mol. The Bertz CT molecular complexity index is 338. The van der Waals surface area contributed by atoms with Gasteiger partial charge in [0.15, 0.2) is 4.67 Å². The summed E-state index contributed by atoms with van der Waals surface area (Å²) in [6.45, 7) is 2.31. The largest absolute Gasteiger partial charge is 0.452 e. The highest BCUT2D eigenvalue weighted by Gasteiger charge is 2.16. The van der Waals surface area contributed by atoms with Crippen LogP contribution >= 0.6 is 15.9 Å². The molecule has 0 saturated heterocycles. The van der Waals surface area contributed by atoms with E-state index in [0.29, 0.717) is 11.2 Å². The van der Waals surface area contributed by atoms with E-state index in [9.17, 15) is 4.79 Å². The summed E-state index contributed by atoms with van der Waals surface area (Å²) in [5, 5.41) is 2.91. The van der Waals surface area contributed by atoms with Gasteiger partial charge in [-0.2, -0.15) is 0 Å². The molecule has 0 radical (unpaired) electrons. The molecule has 1 atom stereocenters. The lowest BCUT2D eigenvalue weighted by Gasteiger charge is -2.19. The van der Waals surface area contributed by atoms with E-state index in [0.717, 1.165) is 5.76 Å². The summed E-state index contributed by atoms with van der Waals surface area (Å²) in [4.78, 5) is 13.3. The van der Waals surface area contributed by atoms with Crippen molar-refractivity contribution in [2.24, 2.45) is 0 Å². The van der Waals surface area contributed by atoms with Crippen LogP contribution < -0.4 is 5.32 Å². The minimum atomic E-state index is -0.173. The van der Waals surface area contributed by atoms with Gasteiger partial charge in [-0.05, 0) is 42.0 Å². The fourth-order valence-electron chi connectivity index (χ4n) is 1.20. The molecule has 4 nitrogen and oxygen atoms in total. The number of furan rings is 1. The lowest BCUT2D eigenvalue weighted by molar-refractivity contribution is -0.132. The van der Waals surface area contributed by atoms with E-state index in [1.54, 1.807) is 19.0 Å². The van der Waals surface area contributed by atoms with Crippen LogP contribution in [-0.4, -0.2) is 30.9 Å². The number of carbonyl (C=O) groups is 1. The van der Waals surface area contributed by atoms with Crippen molar-refractivity contribution in [2.45, 2.75) is 19.5 Å². The molecule has 0 aliphatic heterocycles. The summed E-state index contributed by atoms with van der Waals surface area (Å²) < 4.78 is 6.00. The second-order valence-electron chi connectivity index (χ2n) is 3.41. The molecule has 0 fully saturated rings. The molecule has 0 bridgehead atoms. The highest BCUT2D eigenvalue weighted by Crippen LogP contribution is 2.15. The molecule has 0 aliphatic carbocycles. The molecule has 1 rings (SSSR count). The Kier molecular flexibility index (Phi) is 4.35. The molecule has 0 spiro atoms. The number of nitrogens with zero attached hydrogens (tertiary/aromatic N) is 1. The van der Waals surface area contributed by atoms with E-state index in [1.165, 1.54) is 0 Å². The van der Waals surface area contributed by atoms with Gasteiger partial charge in [0.2, 0.25) is 5.91 Å². The molecule has 5 heteroatoms. The Morgan fingerprint density at radius 2 is 2.33 bits per heavy atom. The molecule has 1 aromatic heterocycles. The van der Waals surface area contributed by atoms with Crippen molar-refractivity contribution in [3.8, 4) is 0 Å². The number of carbonyl (C=O) groups excluding carboxylic acids is 1. The van der Waals surface area contributed by atoms with Crippen molar-refractivity contribution in [3.63, 3.8) is 0 Å². The van der Waals surface area contributed by atoms with E-state index in [-0.39, 0.29) is 11.9 Å². The molecule has 1 aromatic rings. The third-order valence-electron chi connectivity index (χ3n) is 2.20. The van der Waals surface area contributed by atoms with Crippen molar-refractivity contribution in [2.75, 3.05) is 14.1 Å². The Morgan fingerprint density at radius 1 is 1.67 bits per heavy atom. The maximum atomic E-state index is 11.7. The second-order valence-corrected chi connectivity index (χ2v) is 4.19. The van der Waals surface area contributed by atoms with Crippen LogP contribution in [0, 0.1) is 0 Å². The SMILES string of the molecule is CNC(C)C(=O)N(C)Cc1ccc(Br)o1. The second kappa shape index (κ2) is 5.32. The molecule has 1 N–H and O–H groups in total. The van der Waals surface area contributed by atoms with Crippen LogP contribution in [0.4, 0.5) is 0 Å². The van der Waals surface area contributed by atoms with Gasteiger partial charge < -0.3 is 14.6 Å². The monoisotopic (exact) mass is 274 g/mol. The number of likely N-dealkylation sites (N-methyl/N-ethyl adjacent to an activating group) is 2. The standard InChI is InChI=1S/C10H15BrN2O2/c1-7(12-2)10(14)13(3)6-8-4-5-9(11)15-8/h4-5,7,12H,6H2,1-3H3. The van der Waals surface area contributed by atoms with Gasteiger partial charge in [0.25, 0.3) is 0 Å². The fraction of sp³-hybridized carbons (Fsp3) is 0.500. The zero-order chi connectivity index (χ0) is 11.4. The highest BCUT2D eigenvalue weighted by atomic mass is 79.9. The predicted molar refractivity (Wildman–Crippen MR) is 61.4 cm³/mol. The molecule has 1 unspecified atom stereocenters. The van der Waals surface area contributed by atoms with Crippen molar-refractivity contribution >= 4 is 21.8 Å². The number of nitrogens with one attached hydrogen (secondary N) is 1. The Labute approximate surface area is 97.8 Å². The number of amides is 1. The van der Waals surface area contributed by atoms with E-state index in [4.69, 9.17) is 4.42 Å². The lowest BCUT2D eigenvalue weighted by atomic mass is 10.3. The first-order valence-electron chi connectivity index (χ1n) is 4.71. The van der Waals surface area contributed by atoms with Crippen LogP contribution in [-0.2, 0) is 11.3 Å². The number of hydrogen-bond donors (Lipinski definition) is 1. The van der Waals surface area contributed by atoms with Gasteiger partial charge >= 0.3 is 0 Å². The van der Waals surface area contributed by atoms with Gasteiger partial charge in [0.05, 0.1) is 12.6 Å². The van der Waals surface area contributed by atoms with E-state index in [2.05, 4.69) is 21.2 Å². The summed E-state index contributed by atoms with van der Waals surface area (Å²) in [5.74, 6) is 0.811. The van der Waals surface area contributed by atoms with E-state index in [1.807, 2.05) is 19.1 Å². The van der Waals surface area contributed by atoms with Crippen LogP contribution in [0.2, 0.25) is 0 Å². The van der Waals surface area contributed by atoms with Gasteiger partial charge in [0.1, 0.15) is 5.76 Å². The first-order chi connectivity index (χ1) is 7.04. The molecule has 1 amide bonds. The van der Waals surface area contributed by atoms with Gasteiger partial charge in [-0.15, -0.1) is 0 Å². The Balaban J connectivity index is 2.55. The molecule has 1 heterocycles. The third kappa shape index (κ3) is 3.35. The quantitative estimate of drug-likeness (QED) is 0.908. The zero-order valence-corrected chi connectivity index (χ0v) is 10.7. The highest BCUT2D eigenvalue weighted by molar-refractivity contribution is 9.10. The minimum Gasteiger partial charge on any atom is -0.452 e. The Hall–Kier alpha value is -0.810. The third-order valence-corrected chi connectivity index (χ3v) is 2.63. The van der Waals surface area contributed by atoms with Gasteiger partial charge in [0, 0.05) is 7.05 Å². The maximum absolute atomic E-state index is 11.7. The molecule has 0 aliphatic rings. The normalized spacial score (nSPS) is 12.5.